The smallest absolute Gasteiger partial charge is 0.0530 e. The van der Waals surface area contributed by atoms with Gasteiger partial charge in [-0.25, -0.2) is 0 Å². The summed E-state index contributed by atoms with van der Waals surface area (Å²) in [6.45, 7) is 56.2. The van der Waals surface area contributed by atoms with Crippen LogP contribution in [0.25, 0.3) is 0 Å². The van der Waals surface area contributed by atoms with Crippen molar-refractivity contribution in [1.82, 2.24) is 0 Å². The van der Waals surface area contributed by atoms with Crippen LogP contribution in [0.1, 0.15) is 239 Å². The summed E-state index contributed by atoms with van der Waals surface area (Å²) >= 11 is 0. The Kier molecular flexibility index (Phi) is 26.5. The predicted octanol–water partition coefficient (Wildman–Crippen LogP) is 31.3. The average Bonchev–Trinajstić information content (AvgIpc) is 1.37. The minimum Gasteiger partial charge on any atom is -0.0693 e. The van der Waals surface area contributed by atoms with E-state index in [4.69, 9.17) is 26.0 Å². The largest absolute Gasteiger partial charge is 0.0693 e. The summed E-state index contributed by atoms with van der Waals surface area (Å²) in [5, 5.41) is 0. The second kappa shape index (κ2) is 38.7. The molecular weight excluding hydrogens is 1230 g/mol. The highest BCUT2D eigenvalue weighted by Gasteiger charge is 2.42. The van der Waals surface area contributed by atoms with Crippen LogP contribution in [0.2, 0.25) is 247 Å². The van der Waals surface area contributed by atoms with Gasteiger partial charge in [-0.15, -0.1) is 0 Å². The molecule has 10 heteroatoms. The molecule has 0 aromatic carbocycles. The lowest BCUT2D eigenvalue weighted by atomic mass is 10.0. The van der Waals surface area contributed by atoms with Crippen LogP contribution in [-0.2, 0) is 0 Å². The van der Waals surface area contributed by atoms with Gasteiger partial charge in [0.1, 0.15) is 0 Å². The van der Waals surface area contributed by atoms with E-state index in [0.717, 1.165) is 87.6 Å². The molecule has 10 heterocycles. The van der Waals surface area contributed by atoms with Crippen LogP contribution in [0.3, 0.4) is 0 Å². The highest BCUT2D eigenvalue weighted by Crippen LogP contribution is 2.48. The first-order valence-corrected chi connectivity index (χ1v) is 68.7. The molecule has 10 rings (SSSR count). The van der Waals surface area contributed by atoms with Crippen molar-refractivity contribution >= 4 is 80.7 Å². The summed E-state index contributed by atoms with van der Waals surface area (Å²) in [5.41, 5.74) is 6.22. The third kappa shape index (κ3) is 32.8. The van der Waals surface area contributed by atoms with Gasteiger partial charge in [-0.2, -0.15) is 0 Å². The monoisotopic (exact) mass is 1430 g/mol. The maximum Gasteiger partial charge on any atom is 0.0530 e. The molecule has 0 aromatic rings. The van der Waals surface area contributed by atoms with E-state index in [1.165, 1.54) is 84.0 Å². The van der Waals surface area contributed by atoms with Crippen molar-refractivity contribution in [3.8, 4) is 0 Å². The van der Waals surface area contributed by atoms with Gasteiger partial charge in [-0.05, 0) is 85.7 Å². The van der Waals surface area contributed by atoms with Gasteiger partial charge in [0.15, 0.2) is 0 Å². The molecule has 10 aliphatic heterocycles. The Morgan fingerprint density at radius 1 is 0.303 bits per heavy atom. The zero-order chi connectivity index (χ0) is 85.1. The van der Waals surface area contributed by atoms with E-state index in [0.29, 0.717) is 42.9 Å². The molecule has 10 aliphatic rings. The lowest BCUT2D eigenvalue weighted by molar-refractivity contribution is 0.467. The van der Waals surface area contributed by atoms with E-state index in [2.05, 4.69) is 175 Å². The first-order chi connectivity index (χ1) is 48.1. The number of hydrogen-bond donors (Lipinski definition) is 0. The summed E-state index contributed by atoms with van der Waals surface area (Å²) < 4.78 is 143. The van der Waals surface area contributed by atoms with Crippen LogP contribution in [0, 0.1) is 41.4 Å². The molecule has 0 nitrogen and oxygen atoms in total. The van der Waals surface area contributed by atoms with Crippen LogP contribution in [0.15, 0.2) is 0 Å². The quantitative estimate of drug-likeness (QED) is 0.242. The molecule has 0 aliphatic carbocycles. The average molecular weight is 1430 g/mol. The van der Waals surface area contributed by atoms with Crippen LogP contribution in [0.4, 0.5) is 0 Å². The Labute approximate surface area is 605 Å². The molecule has 0 bridgehead atoms. The number of rotatable bonds is 2. The van der Waals surface area contributed by atoms with Crippen LogP contribution >= 0.6 is 0 Å². The zero-order valence-corrected chi connectivity index (χ0v) is 76.1. The highest BCUT2D eigenvalue weighted by atomic mass is 28.3. The van der Waals surface area contributed by atoms with Gasteiger partial charge in [0.25, 0.3) is 0 Å². The van der Waals surface area contributed by atoms with Crippen LogP contribution in [-0.4, -0.2) is 80.7 Å². The van der Waals surface area contributed by atoms with Crippen LogP contribution < -0.4 is 0 Å². The Hall–Kier alpha value is 2.17. The van der Waals surface area contributed by atoms with Gasteiger partial charge in [0.2, 0.25) is 0 Å². The van der Waals surface area contributed by atoms with E-state index in [1.54, 1.807) is 42.3 Å². The van der Waals surface area contributed by atoms with Crippen molar-refractivity contribution in [3.63, 3.8) is 0 Å². The third-order valence-electron chi connectivity index (χ3n) is 27.9. The second-order valence-electron chi connectivity index (χ2n) is 38.9. The summed E-state index contributed by atoms with van der Waals surface area (Å²) in [6.07, 6.45) is 21.4. The molecule has 0 saturated carbocycles. The zero-order valence-electron chi connectivity index (χ0n) is 85.1. The molecule has 0 aromatic heterocycles. The fourth-order valence-electron chi connectivity index (χ4n) is 17.3. The molecule has 0 radical (unpaired) electrons. The highest BCUT2D eigenvalue weighted by molar-refractivity contribution is 6.82. The van der Waals surface area contributed by atoms with Gasteiger partial charge in [-0.1, -0.05) is 416 Å². The summed E-state index contributed by atoms with van der Waals surface area (Å²) in [7, 11) is -14.8. The van der Waals surface area contributed by atoms with Crippen molar-refractivity contribution in [2.45, 2.75) is 460 Å². The van der Waals surface area contributed by atoms with Crippen molar-refractivity contribution in [1.29, 1.82) is 0 Å². The van der Waals surface area contributed by atoms with Gasteiger partial charge in [0, 0.05) is 58.3 Å². The lowest BCUT2D eigenvalue weighted by Gasteiger charge is -2.40. The minimum atomic E-state index is -3.60. The topological polar surface area (TPSA) is 0 Å². The molecule has 7 unspecified atom stereocenters. The summed E-state index contributed by atoms with van der Waals surface area (Å²) in [6, 6.07) is 13.0. The molecule has 10 saturated heterocycles. The standard InChI is InChI=1S/2C9H20Si.5C8H18Si.3C7H16Si/c1-8-6-5-7-10(3,4)9(8)2;1-8-6-5-7-9(2)10(8,3)4;1-7-5-8(2)9(3,4)6-7;1-7-5-6-9(3,4)8(7)2;1-7-5-6-8(2)9(7,3)4;2*1-4-8-5-6-9(2,3)7-8;2*1-7-4-5-8(2,3)6-7;1-7-5-4-6-8(7,2)3/h2*8-9H,5-7H2,1-4H3;3*7-8H,5-6H2,1-4H3;2*8H,4-7H2,1-3H3;3*7H,4-6H2,1-3H3/t8?,9-;8-,9?;2*7?,8-;7-,8?;;;3*7-/m11111..111/s1/i;;;;;2D3,3D3;;2D3,3D3;;2D3,3D3,7D. The number of hydrogen-bond acceptors (Lipinski definition) is 0. The van der Waals surface area contributed by atoms with Gasteiger partial charge < -0.3 is 0 Å². The van der Waals surface area contributed by atoms with Crippen molar-refractivity contribution in [2.24, 2.45) is 41.4 Å². The van der Waals surface area contributed by atoms with Gasteiger partial charge >= 0.3 is 0 Å². The first kappa shape index (κ1) is 61.1. The Morgan fingerprint density at radius 2 is 0.674 bits per heavy atom. The maximum atomic E-state index is 8.04. The summed E-state index contributed by atoms with van der Waals surface area (Å²) in [4.78, 5) is 0. The molecule has 534 valence electrons. The summed E-state index contributed by atoms with van der Waals surface area (Å²) in [5.74, 6) is 5.80. The second-order valence-corrected chi connectivity index (χ2v) is 86.0. The normalized spacial score (nSPS) is 42.6. The van der Waals surface area contributed by atoms with E-state index in [-0.39, 0.29) is 12.0 Å². The fourth-order valence-corrected chi connectivity index (χ4v) is 46.9. The van der Waals surface area contributed by atoms with Crippen molar-refractivity contribution in [2.75, 3.05) is 0 Å². The van der Waals surface area contributed by atoms with Crippen molar-refractivity contribution < 1.29 is 26.0 Å². The van der Waals surface area contributed by atoms with Crippen molar-refractivity contribution in [3.05, 3.63) is 0 Å². The molecular formula is C79H178Si10. The molecule has 0 amide bonds. The Morgan fingerprint density at radius 3 is 0.865 bits per heavy atom. The Bertz CT molecular complexity index is 2530. The molecule has 10 fully saturated rings. The van der Waals surface area contributed by atoms with E-state index < -0.39 is 125 Å². The SMILES string of the molecule is CC1CCC[C@@H](C)[Si]1(C)C.CC1CCC[Si](C)(C)[C@@H]1C.CC1CC[C@@H](C)[Si]1(C)C.CC1CC[Si](C)(C)[C@@H]1C.CC1C[C@@H](C)[Si](C)(C)C1.CCC1CC[Si](C)(C)C1.C[C@@H]1CC[Si](C)(C)C1.[2H]C([2H])([2H])[Si]1(C([2H])([2H])[2H])CCC(CC)C1.[2H]C([2H])([2H])[Si]1(C([2H])([2H])[2H])CCC[C@@]1([2H])C.[2H]C([2H])([2H])[Si]1(C([2H])([2H])[2H])CC[C@@H](C)C1. The first-order valence-electron chi connectivity index (χ1n) is 48.1. The van der Waals surface area contributed by atoms with Gasteiger partial charge in [0.05, 0.1) is 48.4 Å². The van der Waals surface area contributed by atoms with Crippen LogP contribution in [0.5, 0.6) is 0 Å². The third-order valence-corrected chi connectivity index (χ3v) is 67.7. The Balaban J connectivity index is 0.000000604. The van der Waals surface area contributed by atoms with E-state index >= 15 is 0 Å². The van der Waals surface area contributed by atoms with E-state index in [1.807, 2.05) is 13.8 Å². The van der Waals surface area contributed by atoms with Gasteiger partial charge in [-0.3, -0.25) is 0 Å². The maximum absolute atomic E-state index is 8.04. The molecule has 0 spiro atoms. The molecule has 15 atom stereocenters. The van der Waals surface area contributed by atoms with E-state index in [9.17, 15) is 0 Å². The minimum absolute atomic E-state index is 0.222. The lowest BCUT2D eigenvalue weighted by Crippen LogP contribution is -2.38. The molecule has 89 heavy (non-hydrogen) atoms. The predicted molar refractivity (Wildman–Crippen MR) is 451 cm³/mol. The fraction of sp³-hybridized carbons (Fsp3) is 1.00. The molecule has 0 N–H and O–H groups in total.